The summed E-state index contributed by atoms with van der Waals surface area (Å²) < 4.78 is 0. The van der Waals surface area contributed by atoms with Gasteiger partial charge in [0.2, 0.25) is 0 Å². The van der Waals surface area contributed by atoms with Crippen LogP contribution in [0.2, 0.25) is 5.02 Å². The first kappa shape index (κ1) is 13.9. The SMILES string of the molecule is CC(c1ccccc1Cl)N(C)CCNCC1CC1. The highest BCUT2D eigenvalue weighted by Crippen LogP contribution is 2.27. The summed E-state index contributed by atoms with van der Waals surface area (Å²) in [7, 11) is 2.16. The number of nitrogens with one attached hydrogen (secondary N) is 1. The third-order valence-electron chi connectivity index (χ3n) is 3.79. The van der Waals surface area contributed by atoms with Crippen LogP contribution in [0.15, 0.2) is 24.3 Å². The molecule has 2 nitrogen and oxygen atoms in total. The van der Waals surface area contributed by atoms with E-state index in [1.54, 1.807) is 0 Å². The molecule has 1 aromatic rings. The second-order valence-electron chi connectivity index (χ2n) is 5.33. The molecule has 2 rings (SSSR count). The quantitative estimate of drug-likeness (QED) is 0.762. The second kappa shape index (κ2) is 6.55. The van der Waals surface area contributed by atoms with Gasteiger partial charge in [0.05, 0.1) is 0 Å². The maximum absolute atomic E-state index is 6.23. The van der Waals surface area contributed by atoms with Crippen molar-refractivity contribution < 1.29 is 0 Å². The molecule has 0 heterocycles. The third kappa shape index (κ3) is 3.98. The zero-order valence-electron chi connectivity index (χ0n) is 11.3. The number of hydrogen-bond donors (Lipinski definition) is 1. The fourth-order valence-electron chi connectivity index (χ4n) is 2.13. The lowest BCUT2D eigenvalue weighted by molar-refractivity contribution is 0.261. The summed E-state index contributed by atoms with van der Waals surface area (Å²) in [6, 6.07) is 8.47. The first-order chi connectivity index (χ1) is 8.68. The van der Waals surface area contributed by atoms with Crippen LogP contribution < -0.4 is 5.32 Å². The van der Waals surface area contributed by atoms with Crippen molar-refractivity contribution in [2.45, 2.75) is 25.8 Å². The van der Waals surface area contributed by atoms with Crippen molar-refractivity contribution in [1.82, 2.24) is 10.2 Å². The highest BCUT2D eigenvalue weighted by molar-refractivity contribution is 6.31. The largest absolute Gasteiger partial charge is 0.315 e. The minimum absolute atomic E-state index is 0.362. The van der Waals surface area contributed by atoms with Crippen molar-refractivity contribution in [1.29, 1.82) is 0 Å². The van der Waals surface area contributed by atoms with Gasteiger partial charge in [0.25, 0.3) is 0 Å². The average Bonchev–Trinajstić information content (AvgIpc) is 3.18. The molecule has 1 saturated carbocycles. The van der Waals surface area contributed by atoms with Gasteiger partial charge in [0.15, 0.2) is 0 Å². The Kier molecular flexibility index (Phi) is 5.04. The fraction of sp³-hybridized carbons (Fsp3) is 0.600. The lowest BCUT2D eigenvalue weighted by Gasteiger charge is -2.26. The van der Waals surface area contributed by atoms with E-state index in [0.717, 1.165) is 24.0 Å². The first-order valence-electron chi connectivity index (χ1n) is 6.84. The van der Waals surface area contributed by atoms with Crippen molar-refractivity contribution in [3.63, 3.8) is 0 Å². The molecule has 1 aliphatic carbocycles. The molecule has 1 aromatic carbocycles. The Bertz CT molecular complexity index is 377. The topological polar surface area (TPSA) is 15.3 Å². The lowest BCUT2D eigenvalue weighted by Crippen LogP contribution is -2.32. The fourth-order valence-corrected chi connectivity index (χ4v) is 2.42. The zero-order chi connectivity index (χ0) is 13.0. The van der Waals surface area contributed by atoms with Gasteiger partial charge in [0.1, 0.15) is 0 Å². The summed E-state index contributed by atoms with van der Waals surface area (Å²) in [5.41, 5.74) is 1.21. The highest BCUT2D eigenvalue weighted by Gasteiger charge is 2.20. The molecule has 100 valence electrons. The van der Waals surface area contributed by atoms with E-state index in [4.69, 9.17) is 11.6 Å². The van der Waals surface area contributed by atoms with Crippen molar-refractivity contribution in [2.75, 3.05) is 26.7 Å². The summed E-state index contributed by atoms with van der Waals surface area (Å²) in [6.45, 7) is 5.51. The number of benzene rings is 1. The van der Waals surface area contributed by atoms with Gasteiger partial charge < -0.3 is 5.32 Å². The molecule has 1 aliphatic rings. The number of halogens is 1. The molecule has 0 saturated heterocycles. The van der Waals surface area contributed by atoms with E-state index in [2.05, 4.69) is 36.3 Å². The molecule has 0 bridgehead atoms. The standard InChI is InChI=1S/C15H23ClN2/c1-12(14-5-3-4-6-15(14)16)18(2)10-9-17-11-13-7-8-13/h3-6,12-13,17H,7-11H2,1-2H3. The minimum atomic E-state index is 0.362. The zero-order valence-corrected chi connectivity index (χ0v) is 12.1. The van der Waals surface area contributed by atoms with Crippen molar-refractivity contribution in [3.05, 3.63) is 34.9 Å². The van der Waals surface area contributed by atoms with Crippen LogP contribution in [0, 0.1) is 5.92 Å². The molecule has 1 unspecified atom stereocenters. The maximum atomic E-state index is 6.23. The van der Waals surface area contributed by atoms with Crippen LogP contribution >= 0.6 is 11.6 Å². The minimum Gasteiger partial charge on any atom is -0.315 e. The Morgan fingerprint density at radius 2 is 2.11 bits per heavy atom. The highest BCUT2D eigenvalue weighted by atomic mass is 35.5. The third-order valence-corrected chi connectivity index (χ3v) is 4.13. The Morgan fingerprint density at radius 1 is 1.39 bits per heavy atom. The van der Waals surface area contributed by atoms with E-state index in [1.165, 1.54) is 24.9 Å². The van der Waals surface area contributed by atoms with Crippen LogP contribution in [0.1, 0.15) is 31.4 Å². The molecule has 0 aromatic heterocycles. The van der Waals surface area contributed by atoms with Gasteiger partial charge in [-0.1, -0.05) is 29.8 Å². The van der Waals surface area contributed by atoms with Crippen LogP contribution in [0.5, 0.6) is 0 Å². The summed E-state index contributed by atoms with van der Waals surface area (Å²) in [4.78, 5) is 2.35. The number of hydrogen-bond acceptors (Lipinski definition) is 2. The molecule has 0 aliphatic heterocycles. The summed E-state index contributed by atoms with van der Waals surface area (Å²) in [5.74, 6) is 0.955. The Morgan fingerprint density at radius 3 is 2.78 bits per heavy atom. The van der Waals surface area contributed by atoms with Gasteiger partial charge in [-0.25, -0.2) is 0 Å². The average molecular weight is 267 g/mol. The monoisotopic (exact) mass is 266 g/mol. The molecule has 18 heavy (non-hydrogen) atoms. The van der Waals surface area contributed by atoms with E-state index in [1.807, 2.05) is 12.1 Å². The van der Waals surface area contributed by atoms with Crippen LogP contribution in [-0.4, -0.2) is 31.6 Å². The molecule has 0 radical (unpaired) electrons. The molecule has 0 amide bonds. The molecule has 1 fully saturated rings. The normalized spacial score (nSPS) is 17.1. The smallest absolute Gasteiger partial charge is 0.0453 e. The molecule has 1 N–H and O–H groups in total. The van der Waals surface area contributed by atoms with Crippen molar-refractivity contribution in [2.24, 2.45) is 5.92 Å². The van der Waals surface area contributed by atoms with E-state index in [0.29, 0.717) is 6.04 Å². The van der Waals surface area contributed by atoms with Gasteiger partial charge in [-0.05, 0) is 50.9 Å². The van der Waals surface area contributed by atoms with Crippen molar-refractivity contribution in [3.8, 4) is 0 Å². The second-order valence-corrected chi connectivity index (χ2v) is 5.73. The van der Waals surface area contributed by atoms with Crippen LogP contribution in [0.25, 0.3) is 0 Å². The van der Waals surface area contributed by atoms with Crippen LogP contribution in [-0.2, 0) is 0 Å². The van der Waals surface area contributed by atoms with Gasteiger partial charge in [-0.15, -0.1) is 0 Å². The first-order valence-corrected chi connectivity index (χ1v) is 7.21. The van der Waals surface area contributed by atoms with E-state index < -0.39 is 0 Å². The van der Waals surface area contributed by atoms with Gasteiger partial charge in [-0.3, -0.25) is 4.90 Å². The Balaban J connectivity index is 1.76. The molecular weight excluding hydrogens is 244 g/mol. The van der Waals surface area contributed by atoms with Gasteiger partial charge >= 0.3 is 0 Å². The predicted molar refractivity (Wildman–Crippen MR) is 78.1 cm³/mol. The van der Waals surface area contributed by atoms with Crippen LogP contribution in [0.3, 0.4) is 0 Å². The molecule has 1 atom stereocenters. The van der Waals surface area contributed by atoms with Crippen molar-refractivity contribution >= 4 is 11.6 Å². The van der Waals surface area contributed by atoms with E-state index in [9.17, 15) is 0 Å². The maximum Gasteiger partial charge on any atom is 0.0453 e. The Labute approximate surface area is 115 Å². The van der Waals surface area contributed by atoms with Gasteiger partial charge in [0, 0.05) is 24.2 Å². The summed E-state index contributed by atoms with van der Waals surface area (Å²) in [5, 5.41) is 4.39. The predicted octanol–water partition coefficient (Wildman–Crippen LogP) is 3.33. The number of likely N-dealkylation sites (N-methyl/N-ethyl adjacent to an activating group) is 1. The van der Waals surface area contributed by atoms with Gasteiger partial charge in [-0.2, -0.15) is 0 Å². The lowest BCUT2D eigenvalue weighted by atomic mass is 10.1. The van der Waals surface area contributed by atoms with E-state index >= 15 is 0 Å². The van der Waals surface area contributed by atoms with E-state index in [-0.39, 0.29) is 0 Å². The molecular formula is C15H23ClN2. The number of rotatable bonds is 7. The summed E-state index contributed by atoms with van der Waals surface area (Å²) in [6.07, 6.45) is 2.83. The number of nitrogens with zero attached hydrogens (tertiary/aromatic N) is 1. The van der Waals surface area contributed by atoms with Crippen LogP contribution in [0.4, 0.5) is 0 Å². The molecule has 3 heteroatoms. The Hall–Kier alpha value is -0.570. The molecule has 0 spiro atoms. The summed E-state index contributed by atoms with van der Waals surface area (Å²) >= 11 is 6.23.